The van der Waals surface area contributed by atoms with Gasteiger partial charge in [0.15, 0.2) is 0 Å². The number of nitrogens with two attached hydrogens (primary N) is 1. The summed E-state index contributed by atoms with van der Waals surface area (Å²) in [4.78, 5) is 2.57. The van der Waals surface area contributed by atoms with Gasteiger partial charge in [-0.25, -0.2) is 0 Å². The molecule has 1 aliphatic rings. The quantitative estimate of drug-likeness (QED) is 0.752. The van der Waals surface area contributed by atoms with Gasteiger partial charge in [-0.3, -0.25) is 4.90 Å². The van der Waals surface area contributed by atoms with Gasteiger partial charge in [-0.05, 0) is 34.4 Å². The Morgan fingerprint density at radius 2 is 1.56 bits per heavy atom. The zero-order valence-corrected chi connectivity index (χ0v) is 15.2. The normalized spacial score (nSPS) is 20.5. The van der Waals surface area contributed by atoms with Gasteiger partial charge in [0, 0.05) is 25.6 Å². The van der Waals surface area contributed by atoms with E-state index in [0.29, 0.717) is 11.8 Å². The van der Waals surface area contributed by atoms with Gasteiger partial charge in [0.25, 0.3) is 0 Å². The van der Waals surface area contributed by atoms with Crippen LogP contribution in [0.2, 0.25) is 0 Å². The molecule has 130 valence electrons. The van der Waals surface area contributed by atoms with Crippen LogP contribution < -0.4 is 5.73 Å². The van der Waals surface area contributed by atoms with Gasteiger partial charge in [0.05, 0.1) is 0 Å². The third kappa shape index (κ3) is 3.72. The van der Waals surface area contributed by atoms with Gasteiger partial charge in [0.2, 0.25) is 0 Å². The Kier molecular flexibility index (Phi) is 5.74. The van der Waals surface area contributed by atoms with Crippen LogP contribution in [-0.4, -0.2) is 24.5 Å². The summed E-state index contributed by atoms with van der Waals surface area (Å²) in [6.07, 6.45) is 0. The Hall–Kier alpha value is -1.87. The smallest absolute Gasteiger partial charge is 0.0240 e. The molecule has 1 heterocycles. The van der Waals surface area contributed by atoms with E-state index in [1.807, 2.05) is 0 Å². The SMILES string of the molecule is Cl.NC[C@@H]1CN(Cc2cccc3ccccc23)C[C@H]1c1ccccc1. The minimum atomic E-state index is 0. The van der Waals surface area contributed by atoms with Crippen molar-refractivity contribution in [2.75, 3.05) is 19.6 Å². The zero-order chi connectivity index (χ0) is 16.4. The molecule has 3 aromatic carbocycles. The Balaban J connectivity index is 0.00000182. The van der Waals surface area contributed by atoms with Crippen molar-refractivity contribution in [2.45, 2.75) is 12.5 Å². The molecule has 0 spiro atoms. The molecule has 2 N–H and O–H groups in total. The van der Waals surface area contributed by atoms with Crippen LogP contribution in [0.25, 0.3) is 10.8 Å². The molecule has 2 atom stereocenters. The van der Waals surface area contributed by atoms with Gasteiger partial charge in [-0.1, -0.05) is 72.8 Å². The number of benzene rings is 3. The van der Waals surface area contributed by atoms with E-state index in [4.69, 9.17) is 5.73 Å². The summed E-state index contributed by atoms with van der Waals surface area (Å²) in [7, 11) is 0. The molecule has 0 unspecified atom stereocenters. The van der Waals surface area contributed by atoms with E-state index >= 15 is 0 Å². The second kappa shape index (κ2) is 8.01. The van der Waals surface area contributed by atoms with Crippen LogP contribution in [0.15, 0.2) is 72.8 Å². The van der Waals surface area contributed by atoms with Crippen LogP contribution in [0.1, 0.15) is 17.0 Å². The topological polar surface area (TPSA) is 29.3 Å². The summed E-state index contributed by atoms with van der Waals surface area (Å²) < 4.78 is 0. The summed E-state index contributed by atoms with van der Waals surface area (Å²) in [5.41, 5.74) is 8.92. The molecule has 3 aromatic rings. The molecule has 1 aliphatic heterocycles. The third-order valence-electron chi connectivity index (χ3n) is 5.32. The lowest BCUT2D eigenvalue weighted by atomic mass is 9.89. The average molecular weight is 353 g/mol. The van der Waals surface area contributed by atoms with Crippen LogP contribution in [-0.2, 0) is 6.54 Å². The van der Waals surface area contributed by atoms with E-state index in [2.05, 4.69) is 77.7 Å². The van der Waals surface area contributed by atoms with Crippen LogP contribution in [0, 0.1) is 5.92 Å². The predicted molar refractivity (Wildman–Crippen MR) is 108 cm³/mol. The maximum atomic E-state index is 6.08. The van der Waals surface area contributed by atoms with Gasteiger partial charge in [-0.15, -0.1) is 12.4 Å². The maximum Gasteiger partial charge on any atom is 0.0240 e. The molecule has 0 bridgehead atoms. The first-order valence-electron chi connectivity index (χ1n) is 8.79. The summed E-state index contributed by atoms with van der Waals surface area (Å²) >= 11 is 0. The summed E-state index contributed by atoms with van der Waals surface area (Å²) in [6, 6.07) is 26.1. The van der Waals surface area contributed by atoms with Crippen molar-refractivity contribution in [1.29, 1.82) is 0 Å². The van der Waals surface area contributed by atoms with E-state index in [1.54, 1.807) is 0 Å². The molecule has 0 radical (unpaired) electrons. The molecule has 2 nitrogen and oxygen atoms in total. The molecule has 25 heavy (non-hydrogen) atoms. The average Bonchev–Trinajstić information content (AvgIpc) is 3.06. The molecule has 4 rings (SSSR count). The molecular formula is C22H25ClN2. The highest BCUT2D eigenvalue weighted by molar-refractivity contribution is 5.86. The zero-order valence-electron chi connectivity index (χ0n) is 14.3. The van der Waals surface area contributed by atoms with E-state index in [1.165, 1.54) is 21.9 Å². The number of nitrogens with zero attached hydrogens (tertiary/aromatic N) is 1. The van der Waals surface area contributed by atoms with Gasteiger partial charge in [-0.2, -0.15) is 0 Å². The minimum Gasteiger partial charge on any atom is -0.330 e. The Morgan fingerprint density at radius 1 is 0.840 bits per heavy atom. The molecule has 0 saturated carbocycles. The van der Waals surface area contributed by atoms with E-state index in [0.717, 1.165) is 26.2 Å². The van der Waals surface area contributed by atoms with Crippen LogP contribution in [0.4, 0.5) is 0 Å². The molecule has 0 amide bonds. The Bertz CT molecular complexity index is 813. The minimum absolute atomic E-state index is 0. The molecule has 1 saturated heterocycles. The molecule has 3 heteroatoms. The Morgan fingerprint density at radius 3 is 2.36 bits per heavy atom. The summed E-state index contributed by atoms with van der Waals surface area (Å²) in [5.74, 6) is 1.09. The van der Waals surface area contributed by atoms with Crippen LogP contribution in [0.5, 0.6) is 0 Å². The molecule has 1 fully saturated rings. The fourth-order valence-corrected chi connectivity index (χ4v) is 4.08. The van der Waals surface area contributed by atoms with E-state index < -0.39 is 0 Å². The van der Waals surface area contributed by atoms with Crippen molar-refractivity contribution in [2.24, 2.45) is 11.7 Å². The standard InChI is InChI=1S/C22H24N2.ClH/c23-13-20-15-24(16-22(20)18-7-2-1-3-8-18)14-19-11-6-10-17-9-4-5-12-21(17)19;/h1-12,20,22H,13-16,23H2;1H/t20-,22+;/m1./s1. The fraction of sp³-hybridized carbons (Fsp3) is 0.273. The van der Waals surface area contributed by atoms with Crippen molar-refractivity contribution in [3.63, 3.8) is 0 Å². The predicted octanol–water partition coefficient (Wildman–Crippen LogP) is 4.44. The lowest BCUT2D eigenvalue weighted by Crippen LogP contribution is -2.23. The molecule has 0 aromatic heterocycles. The van der Waals surface area contributed by atoms with E-state index in [-0.39, 0.29) is 12.4 Å². The largest absolute Gasteiger partial charge is 0.330 e. The van der Waals surface area contributed by atoms with Crippen LogP contribution in [0.3, 0.4) is 0 Å². The second-order valence-electron chi connectivity index (χ2n) is 6.85. The first-order chi connectivity index (χ1) is 11.8. The summed E-state index contributed by atoms with van der Waals surface area (Å²) in [5, 5.41) is 2.69. The maximum absolute atomic E-state index is 6.08. The number of likely N-dealkylation sites (tertiary alicyclic amines) is 1. The fourth-order valence-electron chi connectivity index (χ4n) is 4.08. The highest BCUT2D eigenvalue weighted by Gasteiger charge is 2.32. The summed E-state index contributed by atoms with van der Waals surface area (Å²) in [6.45, 7) is 3.93. The number of halogens is 1. The number of hydrogen-bond donors (Lipinski definition) is 1. The highest BCUT2D eigenvalue weighted by Crippen LogP contribution is 2.33. The monoisotopic (exact) mass is 352 g/mol. The lowest BCUT2D eigenvalue weighted by Gasteiger charge is -2.17. The molecular weight excluding hydrogens is 328 g/mol. The van der Waals surface area contributed by atoms with Gasteiger partial charge in [0.1, 0.15) is 0 Å². The number of hydrogen-bond acceptors (Lipinski definition) is 2. The van der Waals surface area contributed by atoms with Gasteiger partial charge >= 0.3 is 0 Å². The second-order valence-corrected chi connectivity index (χ2v) is 6.85. The van der Waals surface area contributed by atoms with Crippen molar-refractivity contribution in [1.82, 2.24) is 4.90 Å². The van der Waals surface area contributed by atoms with E-state index in [9.17, 15) is 0 Å². The first-order valence-corrected chi connectivity index (χ1v) is 8.79. The first kappa shape index (κ1) is 17.9. The Labute approximate surface area is 156 Å². The number of fused-ring (bicyclic) bond motifs is 1. The molecule has 0 aliphatic carbocycles. The van der Waals surface area contributed by atoms with Gasteiger partial charge < -0.3 is 5.73 Å². The van der Waals surface area contributed by atoms with Crippen molar-refractivity contribution in [3.05, 3.63) is 83.9 Å². The van der Waals surface area contributed by atoms with Crippen molar-refractivity contribution >= 4 is 23.2 Å². The third-order valence-corrected chi connectivity index (χ3v) is 5.32. The number of rotatable bonds is 4. The van der Waals surface area contributed by atoms with Crippen molar-refractivity contribution in [3.8, 4) is 0 Å². The highest BCUT2D eigenvalue weighted by atomic mass is 35.5. The lowest BCUT2D eigenvalue weighted by molar-refractivity contribution is 0.318. The van der Waals surface area contributed by atoms with Crippen molar-refractivity contribution < 1.29 is 0 Å². The van der Waals surface area contributed by atoms with Crippen LogP contribution >= 0.6 is 12.4 Å².